The lowest BCUT2D eigenvalue weighted by molar-refractivity contribution is 0.100. The first-order valence-electron chi connectivity index (χ1n) is 12.4. The van der Waals surface area contributed by atoms with Crippen molar-refractivity contribution in [3.8, 4) is 23.0 Å². The van der Waals surface area contributed by atoms with Gasteiger partial charge in [-0.2, -0.15) is 0 Å². The van der Waals surface area contributed by atoms with Crippen molar-refractivity contribution in [2.24, 2.45) is 0 Å². The minimum absolute atomic E-state index is 0.103. The maximum Gasteiger partial charge on any atom is 0.178 e. The van der Waals surface area contributed by atoms with Gasteiger partial charge in [-0.3, -0.25) is 4.79 Å². The summed E-state index contributed by atoms with van der Waals surface area (Å²) in [7, 11) is 4.90. The lowest BCUT2D eigenvalue weighted by Crippen LogP contribution is -2.34. The van der Waals surface area contributed by atoms with Crippen LogP contribution in [0.15, 0.2) is 78.9 Å². The Morgan fingerprint density at radius 2 is 1.37 bits per heavy atom. The van der Waals surface area contributed by atoms with Gasteiger partial charge in [-0.15, -0.1) is 0 Å². The molecule has 38 heavy (non-hydrogen) atoms. The van der Waals surface area contributed by atoms with Crippen molar-refractivity contribution in [2.75, 3.05) is 34.5 Å². The van der Waals surface area contributed by atoms with Gasteiger partial charge in [-0.1, -0.05) is 48.5 Å². The molecular weight excluding hydrogens is 480 g/mol. The van der Waals surface area contributed by atoms with E-state index in [-0.39, 0.29) is 5.78 Å². The lowest BCUT2D eigenvalue weighted by atomic mass is 9.82. The Morgan fingerprint density at radius 3 is 1.89 bits per heavy atom. The molecule has 6 heteroatoms. The predicted octanol–water partition coefficient (Wildman–Crippen LogP) is 6.43. The molecule has 0 bridgehead atoms. The van der Waals surface area contributed by atoms with Crippen LogP contribution < -0.4 is 18.9 Å². The minimum atomic E-state index is -0.958. The molecule has 0 spiro atoms. The highest BCUT2D eigenvalue weighted by Gasteiger charge is 2.39. The zero-order valence-corrected chi connectivity index (χ0v) is 21.9. The molecule has 5 rings (SSSR count). The van der Waals surface area contributed by atoms with Gasteiger partial charge in [0.25, 0.3) is 0 Å². The molecule has 0 unspecified atom stereocenters. The maximum atomic E-state index is 13.0. The van der Waals surface area contributed by atoms with Crippen LogP contribution in [0.1, 0.15) is 34.0 Å². The first-order chi connectivity index (χ1) is 18.5. The number of methoxy groups -OCH3 is 3. The Balaban J connectivity index is 1.76. The largest absolute Gasteiger partial charge is 0.497 e. The molecule has 0 aromatic heterocycles. The quantitative estimate of drug-likeness (QED) is 0.191. The van der Waals surface area contributed by atoms with E-state index in [4.69, 9.17) is 23.7 Å². The highest BCUT2D eigenvalue weighted by Crippen LogP contribution is 2.49. The predicted molar refractivity (Wildman–Crippen MR) is 148 cm³/mol. The minimum Gasteiger partial charge on any atom is -0.497 e. The average Bonchev–Trinajstić information content (AvgIpc) is 2.97. The number of benzene rings is 4. The highest BCUT2D eigenvalue weighted by atomic mass is 16.5. The molecule has 1 aliphatic rings. The molecule has 0 saturated carbocycles. The second-order valence-electron chi connectivity index (χ2n) is 9.02. The van der Waals surface area contributed by atoms with E-state index >= 15 is 0 Å². The summed E-state index contributed by atoms with van der Waals surface area (Å²) >= 11 is 0. The van der Waals surface area contributed by atoms with Crippen LogP contribution in [-0.4, -0.2) is 40.3 Å². The van der Waals surface area contributed by atoms with Crippen molar-refractivity contribution in [2.45, 2.75) is 12.5 Å². The van der Waals surface area contributed by atoms with Crippen molar-refractivity contribution in [3.05, 3.63) is 101 Å². The topological polar surface area (TPSA) is 63.2 Å². The zero-order chi connectivity index (χ0) is 26.7. The first-order valence-corrected chi connectivity index (χ1v) is 12.4. The molecule has 0 amide bonds. The lowest BCUT2D eigenvalue weighted by Gasteiger charge is -2.37. The molecule has 0 N–H and O–H groups in total. The SMILES string of the molecule is COCCOc1c(C(C)=O)c2c(c3ccccc13)OC(c1ccc(OC)cc1)(c1ccc(OC)cc1)C=C2. The molecule has 0 aliphatic carbocycles. The average molecular weight is 511 g/mol. The Morgan fingerprint density at radius 1 is 0.789 bits per heavy atom. The van der Waals surface area contributed by atoms with Crippen molar-refractivity contribution >= 4 is 22.6 Å². The van der Waals surface area contributed by atoms with E-state index in [1.54, 1.807) is 28.3 Å². The van der Waals surface area contributed by atoms with Crippen molar-refractivity contribution in [3.63, 3.8) is 0 Å². The molecule has 0 saturated heterocycles. The van der Waals surface area contributed by atoms with Gasteiger partial charge >= 0.3 is 0 Å². The van der Waals surface area contributed by atoms with Gasteiger partial charge in [0.05, 0.1) is 26.4 Å². The Hall–Kier alpha value is -4.29. The van der Waals surface area contributed by atoms with Crippen LogP contribution in [0, 0.1) is 0 Å². The number of carbonyl (C=O) groups is 1. The van der Waals surface area contributed by atoms with Gasteiger partial charge in [-0.25, -0.2) is 0 Å². The molecule has 6 nitrogen and oxygen atoms in total. The second-order valence-corrected chi connectivity index (χ2v) is 9.02. The van der Waals surface area contributed by atoms with Gasteiger partial charge in [0.15, 0.2) is 11.4 Å². The highest BCUT2D eigenvalue weighted by molar-refractivity contribution is 6.10. The third-order valence-corrected chi connectivity index (χ3v) is 6.83. The number of ether oxygens (including phenoxy) is 5. The van der Waals surface area contributed by atoms with E-state index in [0.29, 0.717) is 35.8 Å². The number of hydrogen-bond donors (Lipinski definition) is 0. The third-order valence-electron chi connectivity index (χ3n) is 6.83. The number of ketones is 1. The summed E-state index contributed by atoms with van der Waals surface area (Å²) in [4.78, 5) is 13.0. The van der Waals surface area contributed by atoms with Crippen LogP contribution >= 0.6 is 0 Å². The number of fused-ring (bicyclic) bond motifs is 3. The van der Waals surface area contributed by atoms with Crippen LogP contribution in [-0.2, 0) is 10.3 Å². The molecule has 1 aliphatic heterocycles. The van der Waals surface area contributed by atoms with Crippen LogP contribution in [0.25, 0.3) is 16.8 Å². The summed E-state index contributed by atoms with van der Waals surface area (Å²) in [5.41, 5.74) is 2.06. The van der Waals surface area contributed by atoms with Crippen LogP contribution in [0.2, 0.25) is 0 Å². The fourth-order valence-corrected chi connectivity index (χ4v) is 4.94. The van der Waals surface area contributed by atoms with E-state index in [1.807, 2.05) is 84.9 Å². The molecule has 0 fully saturated rings. The van der Waals surface area contributed by atoms with Crippen molar-refractivity contribution in [1.82, 2.24) is 0 Å². The molecule has 194 valence electrons. The number of rotatable bonds is 9. The van der Waals surface area contributed by atoms with E-state index in [1.165, 1.54) is 0 Å². The van der Waals surface area contributed by atoms with E-state index < -0.39 is 5.60 Å². The smallest absolute Gasteiger partial charge is 0.178 e. The molecular formula is C32H30O6. The summed E-state index contributed by atoms with van der Waals surface area (Å²) in [6.07, 6.45) is 3.97. The third kappa shape index (κ3) is 4.37. The summed E-state index contributed by atoms with van der Waals surface area (Å²) in [6, 6.07) is 23.5. The summed E-state index contributed by atoms with van der Waals surface area (Å²) in [5.74, 6) is 2.56. The first kappa shape index (κ1) is 25.4. The van der Waals surface area contributed by atoms with E-state index in [0.717, 1.165) is 33.4 Å². The standard InChI is InChI=1S/C32H30O6/c1-21(33)29-28-17-18-32(22-9-13-24(35-3)14-10-22,23-11-15-25(36-4)16-12-23)38-30(28)26-7-5-6-8-27(26)31(29)37-20-19-34-2/h5-18H,19-20H2,1-4H3. The molecule has 0 atom stereocenters. The second kappa shape index (κ2) is 10.6. The number of Topliss-reactive ketones (excluding diaryl/α,β-unsaturated/α-hetero) is 1. The fraction of sp³-hybridized carbons (Fsp3) is 0.219. The molecule has 1 heterocycles. The van der Waals surface area contributed by atoms with Crippen molar-refractivity contribution < 1.29 is 28.5 Å². The summed E-state index contributed by atoms with van der Waals surface area (Å²) in [6.45, 7) is 2.29. The monoisotopic (exact) mass is 510 g/mol. The van der Waals surface area contributed by atoms with Gasteiger partial charge in [0.2, 0.25) is 0 Å². The van der Waals surface area contributed by atoms with Gasteiger partial charge in [0, 0.05) is 34.6 Å². The van der Waals surface area contributed by atoms with Crippen LogP contribution in [0.3, 0.4) is 0 Å². The maximum absolute atomic E-state index is 13.0. The van der Waals surface area contributed by atoms with Gasteiger partial charge < -0.3 is 23.7 Å². The number of hydrogen-bond acceptors (Lipinski definition) is 6. The van der Waals surface area contributed by atoms with Crippen LogP contribution in [0.5, 0.6) is 23.0 Å². The van der Waals surface area contributed by atoms with E-state index in [2.05, 4.69) is 0 Å². The normalized spacial score (nSPS) is 13.5. The Bertz CT molecular complexity index is 1440. The summed E-state index contributed by atoms with van der Waals surface area (Å²) < 4.78 is 29.1. The van der Waals surface area contributed by atoms with Gasteiger partial charge in [-0.05, 0) is 43.3 Å². The molecule has 4 aromatic rings. The van der Waals surface area contributed by atoms with Crippen LogP contribution in [0.4, 0.5) is 0 Å². The Kier molecular flexibility index (Phi) is 7.07. The van der Waals surface area contributed by atoms with E-state index in [9.17, 15) is 4.79 Å². The number of carbonyl (C=O) groups excluding carboxylic acids is 1. The fourth-order valence-electron chi connectivity index (χ4n) is 4.94. The molecule has 4 aromatic carbocycles. The summed E-state index contributed by atoms with van der Waals surface area (Å²) in [5, 5.41) is 1.66. The van der Waals surface area contributed by atoms with Gasteiger partial charge in [0.1, 0.15) is 29.6 Å². The zero-order valence-electron chi connectivity index (χ0n) is 21.9. The Labute approximate surface area is 222 Å². The molecule has 0 radical (unpaired) electrons. The van der Waals surface area contributed by atoms with Crippen molar-refractivity contribution in [1.29, 1.82) is 0 Å².